The van der Waals surface area contributed by atoms with Crippen LogP contribution in [0, 0.1) is 6.92 Å². The van der Waals surface area contributed by atoms with E-state index in [0.29, 0.717) is 0 Å². The molecule has 0 rings (SSSR count). The minimum atomic E-state index is 0. The number of ether oxygens (including phenoxy) is 2. The van der Waals surface area contributed by atoms with Crippen LogP contribution in [-0.2, 0) is 9.47 Å². The van der Waals surface area contributed by atoms with Crippen molar-refractivity contribution >= 4 is 23.1 Å². The molecule has 0 aliphatic rings. The van der Waals surface area contributed by atoms with Gasteiger partial charge >= 0.3 is 23.1 Å². The molecule has 0 aromatic heterocycles. The van der Waals surface area contributed by atoms with Crippen LogP contribution in [0.15, 0.2) is 0 Å². The fourth-order valence-corrected chi connectivity index (χ4v) is 2.19. The molecule has 0 radical (unpaired) electrons. The molecule has 0 bridgehead atoms. The van der Waals surface area contributed by atoms with E-state index in [1.807, 2.05) is 0 Å². The van der Waals surface area contributed by atoms with Crippen molar-refractivity contribution in [1.29, 1.82) is 0 Å². The van der Waals surface area contributed by atoms with Gasteiger partial charge in [0, 0.05) is 13.2 Å². The molecule has 0 heterocycles. The molecule has 0 amide bonds. The average molecular weight is 437 g/mol. The van der Waals surface area contributed by atoms with E-state index in [0.717, 1.165) is 32.5 Å². The van der Waals surface area contributed by atoms with Crippen LogP contribution in [-0.4, -0.2) is 42.6 Å². The summed E-state index contributed by atoms with van der Waals surface area (Å²) < 4.78 is 11.8. The summed E-state index contributed by atoms with van der Waals surface area (Å²) in [5.74, 6) is 0. The first-order chi connectivity index (χ1) is 9.85. The maximum Gasteiger partial charge on any atom is 2.00 e. The minimum absolute atomic E-state index is 0. The Bertz CT molecular complexity index is 168. The normalized spacial score (nSPS) is 10.4. The summed E-state index contributed by atoms with van der Waals surface area (Å²) in [7, 11) is 0. The Hall–Kier alpha value is 1.42. The van der Waals surface area contributed by atoms with E-state index >= 15 is 0 Å². The van der Waals surface area contributed by atoms with Crippen molar-refractivity contribution in [2.24, 2.45) is 0 Å². The van der Waals surface area contributed by atoms with Crippen molar-refractivity contribution in [3.63, 3.8) is 0 Å². The molecule has 0 unspecified atom stereocenters. The summed E-state index contributed by atoms with van der Waals surface area (Å²) >= 11 is 0. The predicted octanol–water partition coefficient (Wildman–Crippen LogP) is 2.52. The second kappa shape index (κ2) is 24.7. The standard InChI is InChI=1S/C18H37O2.HI.Mg/c1-4-7-10-13-16-19-18(15-12-9-6-3)20-17-14-11-8-5-2;;/h18H,3-17H2,1-2H3;1H;/q-1;;+2/p-1. The first-order valence-electron chi connectivity index (χ1n) is 8.87. The smallest absolute Gasteiger partial charge is 1.00 e. The van der Waals surface area contributed by atoms with Crippen molar-refractivity contribution in [3.8, 4) is 0 Å². The van der Waals surface area contributed by atoms with Gasteiger partial charge in [0.15, 0.2) is 6.29 Å². The second-order valence-corrected chi connectivity index (χ2v) is 5.64. The van der Waals surface area contributed by atoms with Gasteiger partial charge < -0.3 is 40.4 Å². The molecule has 2 nitrogen and oxygen atoms in total. The number of rotatable bonds is 16. The summed E-state index contributed by atoms with van der Waals surface area (Å²) in [6.45, 7) is 10.1. The van der Waals surface area contributed by atoms with Crippen LogP contribution in [0.1, 0.15) is 90.9 Å². The summed E-state index contributed by atoms with van der Waals surface area (Å²) in [6, 6.07) is 0. The maximum atomic E-state index is 5.90. The number of unbranched alkanes of at least 4 members (excludes halogenated alkanes) is 8. The molecule has 0 aromatic rings. The predicted molar refractivity (Wildman–Crippen MR) is 93.6 cm³/mol. The van der Waals surface area contributed by atoms with E-state index in [-0.39, 0.29) is 53.3 Å². The molecule has 0 atom stereocenters. The molecule has 0 fully saturated rings. The quantitative estimate of drug-likeness (QED) is 0.122. The van der Waals surface area contributed by atoms with Gasteiger partial charge in [0.25, 0.3) is 0 Å². The van der Waals surface area contributed by atoms with Gasteiger partial charge in [0.1, 0.15) is 0 Å². The Morgan fingerprint density at radius 1 is 0.727 bits per heavy atom. The molecule has 0 aliphatic heterocycles. The van der Waals surface area contributed by atoms with E-state index < -0.39 is 0 Å². The molecular formula is C18H37IMgO2. The van der Waals surface area contributed by atoms with Gasteiger partial charge in [0.05, 0.1) is 0 Å². The van der Waals surface area contributed by atoms with E-state index in [2.05, 4.69) is 20.8 Å². The third-order valence-corrected chi connectivity index (χ3v) is 3.54. The van der Waals surface area contributed by atoms with Gasteiger partial charge in [0.2, 0.25) is 0 Å². The van der Waals surface area contributed by atoms with Crippen molar-refractivity contribution in [3.05, 3.63) is 6.92 Å². The maximum absolute atomic E-state index is 5.90. The summed E-state index contributed by atoms with van der Waals surface area (Å²) in [5.41, 5.74) is 0. The van der Waals surface area contributed by atoms with E-state index in [9.17, 15) is 0 Å². The SMILES string of the molecule is [CH2-]CCCCC(OCCCCCC)OCCCCCC.[I-].[Mg+2]. The first kappa shape index (κ1) is 28.2. The molecule has 4 heteroatoms. The van der Waals surface area contributed by atoms with Gasteiger partial charge in [-0.15, -0.1) is 0 Å². The van der Waals surface area contributed by atoms with Crippen molar-refractivity contribution in [2.75, 3.05) is 13.2 Å². The average Bonchev–Trinajstić information content (AvgIpc) is 2.46. The third-order valence-electron chi connectivity index (χ3n) is 3.54. The molecule has 0 aromatic carbocycles. The third kappa shape index (κ3) is 21.4. The van der Waals surface area contributed by atoms with Crippen LogP contribution in [0.3, 0.4) is 0 Å². The Morgan fingerprint density at radius 3 is 1.64 bits per heavy atom. The number of halogens is 1. The van der Waals surface area contributed by atoms with E-state index in [4.69, 9.17) is 9.47 Å². The van der Waals surface area contributed by atoms with E-state index in [1.165, 1.54) is 57.8 Å². The first-order valence-corrected chi connectivity index (χ1v) is 8.87. The van der Waals surface area contributed by atoms with Crippen molar-refractivity contribution in [2.45, 2.75) is 97.2 Å². The van der Waals surface area contributed by atoms with Crippen molar-refractivity contribution in [1.82, 2.24) is 0 Å². The van der Waals surface area contributed by atoms with Gasteiger partial charge in [-0.25, -0.2) is 0 Å². The Morgan fingerprint density at radius 2 is 1.23 bits per heavy atom. The van der Waals surface area contributed by atoms with E-state index in [1.54, 1.807) is 0 Å². The zero-order chi connectivity index (χ0) is 14.9. The minimum Gasteiger partial charge on any atom is -1.00 e. The molecule has 0 N–H and O–H groups in total. The molecule has 22 heavy (non-hydrogen) atoms. The number of hydrogen-bond acceptors (Lipinski definition) is 2. The molecule has 0 saturated carbocycles. The zero-order valence-electron chi connectivity index (χ0n) is 15.1. The molecule has 0 saturated heterocycles. The van der Waals surface area contributed by atoms with Gasteiger partial charge in [-0.3, -0.25) is 0 Å². The summed E-state index contributed by atoms with van der Waals surface area (Å²) in [4.78, 5) is 0. The Balaban J connectivity index is -0.00000180. The van der Waals surface area contributed by atoms with Crippen LogP contribution in [0.2, 0.25) is 0 Å². The van der Waals surface area contributed by atoms with Crippen LogP contribution < -0.4 is 24.0 Å². The fraction of sp³-hybridized carbons (Fsp3) is 0.944. The molecule has 0 spiro atoms. The van der Waals surface area contributed by atoms with Crippen LogP contribution in [0.4, 0.5) is 0 Å². The van der Waals surface area contributed by atoms with Crippen LogP contribution in [0.5, 0.6) is 0 Å². The fourth-order valence-electron chi connectivity index (χ4n) is 2.19. The summed E-state index contributed by atoms with van der Waals surface area (Å²) in [6.07, 6.45) is 14.5. The zero-order valence-corrected chi connectivity index (χ0v) is 18.7. The van der Waals surface area contributed by atoms with Gasteiger partial charge in [-0.1, -0.05) is 65.2 Å². The Labute approximate surface area is 173 Å². The monoisotopic (exact) mass is 436 g/mol. The number of hydrogen-bond donors (Lipinski definition) is 0. The van der Waals surface area contributed by atoms with Gasteiger partial charge in [-0.2, -0.15) is 6.42 Å². The largest absolute Gasteiger partial charge is 2.00 e. The topological polar surface area (TPSA) is 18.5 Å². The van der Waals surface area contributed by atoms with Crippen molar-refractivity contribution < 1.29 is 33.5 Å². The summed E-state index contributed by atoms with van der Waals surface area (Å²) in [5, 5.41) is 0. The Kier molecular flexibility index (Phi) is 31.6. The second-order valence-electron chi connectivity index (χ2n) is 5.64. The molecule has 130 valence electrons. The van der Waals surface area contributed by atoms with Crippen LogP contribution >= 0.6 is 0 Å². The molecular weight excluding hydrogens is 399 g/mol. The van der Waals surface area contributed by atoms with Gasteiger partial charge in [-0.05, 0) is 19.3 Å². The van der Waals surface area contributed by atoms with Crippen LogP contribution in [0.25, 0.3) is 0 Å². The molecule has 0 aliphatic carbocycles.